The lowest BCUT2D eigenvalue weighted by atomic mass is 9.89. The van der Waals surface area contributed by atoms with Crippen molar-refractivity contribution in [3.05, 3.63) is 63.7 Å². The molecular weight excluding hydrogens is 246 g/mol. The number of nitrogens with two attached hydrogens (primary N) is 1. The van der Waals surface area contributed by atoms with Crippen LogP contribution in [0.25, 0.3) is 0 Å². The van der Waals surface area contributed by atoms with Crippen LogP contribution < -0.4 is 5.73 Å². The molecule has 0 bridgehead atoms. The summed E-state index contributed by atoms with van der Waals surface area (Å²) in [5.41, 5.74) is 13.4. The second-order valence-corrected chi connectivity index (χ2v) is 5.94. The van der Waals surface area contributed by atoms with Crippen molar-refractivity contribution in [2.45, 2.75) is 39.2 Å². The van der Waals surface area contributed by atoms with Crippen LogP contribution in [0.1, 0.15) is 45.3 Å². The number of benzene rings is 2. The minimum absolute atomic E-state index is 0.121. The van der Waals surface area contributed by atoms with Crippen molar-refractivity contribution in [3.8, 4) is 5.75 Å². The molecule has 2 heteroatoms. The third-order valence-electron chi connectivity index (χ3n) is 4.64. The van der Waals surface area contributed by atoms with E-state index in [1.807, 2.05) is 6.92 Å². The van der Waals surface area contributed by atoms with E-state index in [1.54, 1.807) is 0 Å². The molecule has 104 valence electrons. The SMILES string of the molecule is Cc1ccccc1[C@@H]1Cc2c(C)cc(C)c(O)c2[C@H]1N. The zero-order chi connectivity index (χ0) is 14.4. The lowest BCUT2D eigenvalue weighted by molar-refractivity contribution is 0.455. The smallest absolute Gasteiger partial charge is 0.123 e. The van der Waals surface area contributed by atoms with E-state index in [0.29, 0.717) is 5.75 Å². The van der Waals surface area contributed by atoms with Crippen molar-refractivity contribution in [2.24, 2.45) is 5.73 Å². The van der Waals surface area contributed by atoms with Crippen molar-refractivity contribution in [2.75, 3.05) is 0 Å². The quantitative estimate of drug-likeness (QED) is 0.828. The molecule has 2 aromatic carbocycles. The number of aryl methyl sites for hydroxylation is 3. The van der Waals surface area contributed by atoms with Crippen molar-refractivity contribution in [1.82, 2.24) is 0 Å². The zero-order valence-electron chi connectivity index (χ0n) is 12.3. The standard InChI is InChI=1S/C18H21NO/c1-10-6-4-5-7-13(10)15-9-14-11(2)8-12(3)18(20)16(14)17(15)19/h4-8,15,17,20H,9,19H2,1-3H3/t15-,17-/m0/s1. The summed E-state index contributed by atoms with van der Waals surface area (Å²) in [5.74, 6) is 0.645. The molecule has 3 rings (SSSR count). The lowest BCUT2D eigenvalue weighted by Gasteiger charge is -2.19. The van der Waals surface area contributed by atoms with E-state index in [9.17, 15) is 5.11 Å². The van der Waals surface area contributed by atoms with Gasteiger partial charge in [-0.05, 0) is 55.0 Å². The highest BCUT2D eigenvalue weighted by atomic mass is 16.3. The lowest BCUT2D eigenvalue weighted by Crippen LogP contribution is -2.16. The third-order valence-corrected chi connectivity index (χ3v) is 4.64. The molecule has 0 saturated carbocycles. The molecule has 1 aliphatic carbocycles. The Labute approximate surface area is 120 Å². The predicted octanol–water partition coefficient (Wildman–Crippen LogP) is 3.66. The van der Waals surface area contributed by atoms with Gasteiger partial charge in [-0.1, -0.05) is 30.3 Å². The summed E-state index contributed by atoms with van der Waals surface area (Å²) in [5, 5.41) is 10.4. The van der Waals surface area contributed by atoms with Gasteiger partial charge in [0, 0.05) is 17.5 Å². The second-order valence-electron chi connectivity index (χ2n) is 5.94. The van der Waals surface area contributed by atoms with Gasteiger partial charge < -0.3 is 10.8 Å². The molecule has 0 aromatic heterocycles. The van der Waals surface area contributed by atoms with Crippen LogP contribution in [-0.4, -0.2) is 5.11 Å². The first kappa shape index (κ1) is 13.2. The summed E-state index contributed by atoms with van der Waals surface area (Å²) in [6.07, 6.45) is 0.918. The van der Waals surface area contributed by atoms with Crippen LogP contribution >= 0.6 is 0 Å². The number of hydrogen-bond donors (Lipinski definition) is 2. The van der Waals surface area contributed by atoms with Gasteiger partial charge in [-0.15, -0.1) is 0 Å². The molecule has 0 amide bonds. The molecule has 20 heavy (non-hydrogen) atoms. The fourth-order valence-corrected chi connectivity index (χ4v) is 3.53. The maximum absolute atomic E-state index is 10.4. The van der Waals surface area contributed by atoms with E-state index >= 15 is 0 Å². The van der Waals surface area contributed by atoms with E-state index in [-0.39, 0.29) is 12.0 Å². The van der Waals surface area contributed by atoms with Gasteiger partial charge in [0.1, 0.15) is 5.75 Å². The van der Waals surface area contributed by atoms with Gasteiger partial charge >= 0.3 is 0 Å². The van der Waals surface area contributed by atoms with Crippen LogP contribution in [0.3, 0.4) is 0 Å². The van der Waals surface area contributed by atoms with Crippen molar-refractivity contribution < 1.29 is 5.11 Å². The Morgan fingerprint density at radius 2 is 1.75 bits per heavy atom. The number of phenols is 1. The monoisotopic (exact) mass is 267 g/mol. The molecule has 1 aliphatic rings. The van der Waals surface area contributed by atoms with Crippen molar-refractivity contribution >= 4 is 0 Å². The summed E-state index contributed by atoms with van der Waals surface area (Å²) in [6, 6.07) is 10.3. The number of rotatable bonds is 1. The first-order valence-corrected chi connectivity index (χ1v) is 7.13. The average Bonchev–Trinajstić information content (AvgIpc) is 2.75. The molecule has 2 atom stereocenters. The highest BCUT2D eigenvalue weighted by Gasteiger charge is 2.35. The van der Waals surface area contributed by atoms with Crippen LogP contribution in [0.4, 0.5) is 0 Å². The van der Waals surface area contributed by atoms with Gasteiger partial charge in [0.15, 0.2) is 0 Å². The maximum Gasteiger partial charge on any atom is 0.123 e. The largest absolute Gasteiger partial charge is 0.507 e. The summed E-state index contributed by atoms with van der Waals surface area (Å²) >= 11 is 0. The van der Waals surface area contributed by atoms with Crippen molar-refractivity contribution in [3.63, 3.8) is 0 Å². The topological polar surface area (TPSA) is 46.2 Å². The second kappa shape index (κ2) is 4.64. The van der Waals surface area contributed by atoms with E-state index in [1.165, 1.54) is 22.3 Å². The molecule has 0 aliphatic heterocycles. The van der Waals surface area contributed by atoms with E-state index < -0.39 is 0 Å². The molecule has 0 heterocycles. The number of fused-ring (bicyclic) bond motifs is 1. The first-order valence-electron chi connectivity index (χ1n) is 7.13. The number of hydrogen-bond acceptors (Lipinski definition) is 2. The minimum atomic E-state index is -0.121. The molecule has 0 saturated heterocycles. The number of aromatic hydroxyl groups is 1. The molecular formula is C18H21NO. The van der Waals surface area contributed by atoms with Crippen molar-refractivity contribution in [1.29, 1.82) is 0 Å². The third kappa shape index (κ3) is 1.83. The average molecular weight is 267 g/mol. The maximum atomic E-state index is 10.4. The molecule has 0 fully saturated rings. The Morgan fingerprint density at radius 3 is 2.45 bits per heavy atom. The Morgan fingerprint density at radius 1 is 1.05 bits per heavy atom. The van der Waals surface area contributed by atoms with E-state index in [0.717, 1.165) is 17.5 Å². The summed E-state index contributed by atoms with van der Waals surface area (Å²) in [4.78, 5) is 0. The molecule has 0 unspecified atom stereocenters. The summed E-state index contributed by atoms with van der Waals surface area (Å²) in [7, 11) is 0. The minimum Gasteiger partial charge on any atom is -0.507 e. The molecule has 0 spiro atoms. The van der Waals surface area contributed by atoms with Gasteiger partial charge in [-0.25, -0.2) is 0 Å². The molecule has 2 aromatic rings. The number of phenolic OH excluding ortho intramolecular Hbond substituents is 1. The molecule has 2 nitrogen and oxygen atoms in total. The van der Waals surface area contributed by atoms with Gasteiger partial charge in [0.05, 0.1) is 0 Å². The van der Waals surface area contributed by atoms with Crippen LogP contribution in [0.15, 0.2) is 30.3 Å². The normalized spacial score (nSPS) is 21.0. The summed E-state index contributed by atoms with van der Waals surface area (Å²) < 4.78 is 0. The van der Waals surface area contributed by atoms with Crippen LogP contribution in [0, 0.1) is 20.8 Å². The van der Waals surface area contributed by atoms with Gasteiger partial charge in [-0.3, -0.25) is 0 Å². The Bertz CT molecular complexity index is 675. The predicted molar refractivity (Wildman–Crippen MR) is 82.1 cm³/mol. The Balaban J connectivity index is 2.12. The first-order chi connectivity index (χ1) is 9.50. The van der Waals surface area contributed by atoms with E-state index in [2.05, 4.69) is 44.2 Å². The fourth-order valence-electron chi connectivity index (χ4n) is 3.53. The fraction of sp³-hybridized carbons (Fsp3) is 0.333. The van der Waals surface area contributed by atoms with Gasteiger partial charge in [0.2, 0.25) is 0 Å². The van der Waals surface area contributed by atoms with Gasteiger partial charge in [0.25, 0.3) is 0 Å². The summed E-state index contributed by atoms with van der Waals surface area (Å²) in [6.45, 7) is 6.18. The molecule has 0 radical (unpaired) electrons. The van der Waals surface area contributed by atoms with E-state index in [4.69, 9.17) is 5.73 Å². The Kier molecular flexibility index (Phi) is 3.06. The Hall–Kier alpha value is -1.80. The highest BCUT2D eigenvalue weighted by molar-refractivity contribution is 5.56. The highest BCUT2D eigenvalue weighted by Crippen LogP contribution is 2.47. The molecule has 3 N–H and O–H groups in total. The van der Waals surface area contributed by atoms with Crippen LogP contribution in [0.2, 0.25) is 0 Å². The van der Waals surface area contributed by atoms with Crippen LogP contribution in [0.5, 0.6) is 5.75 Å². The van der Waals surface area contributed by atoms with Crippen LogP contribution in [-0.2, 0) is 6.42 Å². The zero-order valence-corrected chi connectivity index (χ0v) is 12.3. The van der Waals surface area contributed by atoms with Gasteiger partial charge in [-0.2, -0.15) is 0 Å².